The molecule has 1 aliphatic rings. The molecule has 2 rings (SSSR count). The van der Waals surface area contributed by atoms with Crippen molar-refractivity contribution in [1.82, 2.24) is 4.98 Å². The molecule has 2 atom stereocenters. The number of hydrogen-bond acceptors (Lipinski definition) is 2. The van der Waals surface area contributed by atoms with Gasteiger partial charge >= 0.3 is 0 Å². The fourth-order valence-electron chi connectivity index (χ4n) is 2.56. The number of rotatable bonds is 3. The van der Waals surface area contributed by atoms with Crippen molar-refractivity contribution in [3.63, 3.8) is 0 Å². The normalized spacial score (nSPS) is 24.3. The summed E-state index contributed by atoms with van der Waals surface area (Å²) in [5.74, 6) is 2.16. The minimum Gasteiger partial charge on any atom is -0.354 e. The number of alkyl halides is 1. The maximum absolute atomic E-state index is 6.06. The molecule has 0 aromatic carbocycles. The molecule has 0 bridgehead atoms. The quantitative estimate of drug-likeness (QED) is 0.761. The minimum atomic E-state index is 0.367. The van der Waals surface area contributed by atoms with Crippen molar-refractivity contribution in [2.24, 2.45) is 5.92 Å². The molecule has 1 fully saturated rings. The molecule has 2 nitrogen and oxygen atoms in total. The second kappa shape index (κ2) is 6.12. The molecule has 1 aromatic rings. The van der Waals surface area contributed by atoms with Crippen molar-refractivity contribution in [2.75, 3.05) is 11.4 Å². The van der Waals surface area contributed by atoms with Crippen LogP contribution in [0.3, 0.4) is 0 Å². The van der Waals surface area contributed by atoms with Crippen LogP contribution in [0.4, 0.5) is 5.82 Å². The summed E-state index contributed by atoms with van der Waals surface area (Å²) in [6.07, 6.45) is 3.79. The van der Waals surface area contributed by atoms with Gasteiger partial charge < -0.3 is 4.90 Å². The number of aromatic nitrogens is 1. The third-order valence-electron chi connectivity index (χ3n) is 3.88. The first kappa shape index (κ1) is 14.0. The van der Waals surface area contributed by atoms with E-state index in [2.05, 4.69) is 23.7 Å². The van der Waals surface area contributed by atoms with Gasteiger partial charge in [-0.05, 0) is 37.8 Å². The highest BCUT2D eigenvalue weighted by Crippen LogP contribution is 2.29. The summed E-state index contributed by atoms with van der Waals surface area (Å²) < 4.78 is 0. The molecule has 0 spiro atoms. The number of halogens is 2. The Morgan fingerprint density at radius 3 is 2.83 bits per heavy atom. The van der Waals surface area contributed by atoms with Crippen LogP contribution in [-0.4, -0.2) is 17.6 Å². The van der Waals surface area contributed by atoms with Crippen LogP contribution in [0.15, 0.2) is 12.1 Å². The van der Waals surface area contributed by atoms with Crippen LogP contribution in [0, 0.1) is 5.92 Å². The molecule has 18 heavy (non-hydrogen) atoms. The van der Waals surface area contributed by atoms with E-state index < -0.39 is 0 Å². The van der Waals surface area contributed by atoms with Gasteiger partial charge in [0.1, 0.15) is 5.82 Å². The second-order valence-electron chi connectivity index (χ2n) is 5.08. The van der Waals surface area contributed by atoms with Crippen molar-refractivity contribution in [2.45, 2.75) is 45.0 Å². The summed E-state index contributed by atoms with van der Waals surface area (Å²) in [5.41, 5.74) is 0.779. The first-order valence-electron chi connectivity index (χ1n) is 6.63. The summed E-state index contributed by atoms with van der Waals surface area (Å²) in [6, 6.07) is 4.46. The Morgan fingerprint density at radius 2 is 2.17 bits per heavy atom. The lowest BCUT2D eigenvalue weighted by Crippen LogP contribution is -2.42. The average molecular weight is 287 g/mol. The van der Waals surface area contributed by atoms with Crippen molar-refractivity contribution in [3.05, 3.63) is 22.8 Å². The fourth-order valence-corrected chi connectivity index (χ4v) is 3.01. The zero-order valence-corrected chi connectivity index (χ0v) is 12.5. The summed E-state index contributed by atoms with van der Waals surface area (Å²) in [6.45, 7) is 5.62. The maximum Gasteiger partial charge on any atom is 0.129 e. The number of pyridine rings is 1. The van der Waals surface area contributed by atoms with E-state index in [0.29, 0.717) is 16.9 Å². The van der Waals surface area contributed by atoms with E-state index in [9.17, 15) is 0 Å². The zero-order chi connectivity index (χ0) is 13.1. The third kappa shape index (κ3) is 2.92. The van der Waals surface area contributed by atoms with E-state index in [0.717, 1.165) is 24.0 Å². The summed E-state index contributed by atoms with van der Waals surface area (Å²) in [4.78, 5) is 6.99. The number of hydrogen-bond donors (Lipinski definition) is 0. The predicted octanol–water partition coefficient (Wildman–Crippen LogP) is 4.49. The number of nitrogens with zero attached hydrogens (tertiary/aromatic N) is 2. The molecule has 1 saturated heterocycles. The third-order valence-corrected chi connectivity index (χ3v) is 4.48. The average Bonchev–Trinajstić information content (AvgIpc) is 2.40. The highest BCUT2D eigenvalue weighted by molar-refractivity contribution is 6.32. The van der Waals surface area contributed by atoms with E-state index in [1.54, 1.807) is 0 Å². The van der Waals surface area contributed by atoms with Crippen molar-refractivity contribution >= 4 is 29.0 Å². The topological polar surface area (TPSA) is 16.1 Å². The van der Waals surface area contributed by atoms with Crippen molar-refractivity contribution in [3.8, 4) is 0 Å². The first-order chi connectivity index (χ1) is 8.65. The van der Waals surface area contributed by atoms with E-state index >= 15 is 0 Å². The van der Waals surface area contributed by atoms with Crippen LogP contribution in [0.25, 0.3) is 0 Å². The van der Waals surface area contributed by atoms with Gasteiger partial charge in [-0.3, -0.25) is 0 Å². The Balaban J connectivity index is 2.23. The van der Waals surface area contributed by atoms with Crippen LogP contribution in [-0.2, 0) is 5.88 Å². The lowest BCUT2D eigenvalue weighted by molar-refractivity contribution is 0.357. The van der Waals surface area contributed by atoms with Gasteiger partial charge in [0.25, 0.3) is 0 Å². The van der Waals surface area contributed by atoms with Gasteiger partial charge in [-0.1, -0.05) is 24.9 Å². The Hall–Kier alpha value is -0.470. The lowest BCUT2D eigenvalue weighted by atomic mass is 9.91. The fraction of sp³-hybridized carbons (Fsp3) is 0.643. The van der Waals surface area contributed by atoms with E-state index in [1.807, 2.05) is 12.1 Å². The second-order valence-corrected chi connectivity index (χ2v) is 5.76. The van der Waals surface area contributed by atoms with Gasteiger partial charge in [0, 0.05) is 12.6 Å². The van der Waals surface area contributed by atoms with Gasteiger partial charge in [0.15, 0.2) is 0 Å². The standard InChI is InChI=1S/C14H20Cl2N2/c1-3-11-5-4-10(2)18(9-11)14-7-6-12(16)13(8-15)17-14/h6-7,10-11H,3-5,8-9H2,1-2H3. The molecule has 100 valence electrons. The minimum absolute atomic E-state index is 0.367. The number of anilines is 1. The molecule has 1 aromatic heterocycles. The molecule has 2 heterocycles. The smallest absolute Gasteiger partial charge is 0.129 e. The lowest BCUT2D eigenvalue weighted by Gasteiger charge is -2.38. The summed E-state index contributed by atoms with van der Waals surface area (Å²) in [7, 11) is 0. The molecule has 1 aliphatic heterocycles. The van der Waals surface area contributed by atoms with Crippen molar-refractivity contribution in [1.29, 1.82) is 0 Å². The summed E-state index contributed by atoms with van der Waals surface area (Å²) >= 11 is 11.9. The van der Waals surface area contributed by atoms with Crippen LogP contribution in [0.2, 0.25) is 5.02 Å². The predicted molar refractivity (Wildman–Crippen MR) is 78.6 cm³/mol. The molecule has 0 aliphatic carbocycles. The SMILES string of the molecule is CCC1CCC(C)N(c2ccc(Cl)c(CCl)n2)C1. The zero-order valence-electron chi connectivity index (χ0n) is 11.0. The van der Waals surface area contributed by atoms with Gasteiger partial charge in [0.05, 0.1) is 16.6 Å². The molecular formula is C14H20Cl2N2. The monoisotopic (exact) mass is 286 g/mol. The van der Waals surface area contributed by atoms with E-state index in [-0.39, 0.29) is 0 Å². The molecule has 4 heteroatoms. The Morgan fingerprint density at radius 1 is 1.39 bits per heavy atom. The summed E-state index contributed by atoms with van der Waals surface area (Å²) in [5, 5.41) is 0.658. The molecular weight excluding hydrogens is 267 g/mol. The molecule has 0 N–H and O–H groups in total. The molecule has 2 unspecified atom stereocenters. The van der Waals surface area contributed by atoms with Gasteiger partial charge in [-0.25, -0.2) is 4.98 Å². The van der Waals surface area contributed by atoms with Crippen molar-refractivity contribution < 1.29 is 0 Å². The van der Waals surface area contributed by atoms with E-state index in [4.69, 9.17) is 23.2 Å². The largest absolute Gasteiger partial charge is 0.354 e. The van der Waals surface area contributed by atoms with E-state index in [1.165, 1.54) is 19.3 Å². The highest BCUT2D eigenvalue weighted by atomic mass is 35.5. The Labute approximate surface area is 119 Å². The highest BCUT2D eigenvalue weighted by Gasteiger charge is 2.25. The van der Waals surface area contributed by atoms with Crippen LogP contribution < -0.4 is 4.90 Å². The van der Waals surface area contributed by atoms with Crippen LogP contribution in [0.5, 0.6) is 0 Å². The van der Waals surface area contributed by atoms with Gasteiger partial charge in [-0.2, -0.15) is 0 Å². The maximum atomic E-state index is 6.06. The molecule has 0 saturated carbocycles. The molecule has 0 amide bonds. The molecule has 0 radical (unpaired) electrons. The Kier molecular flexibility index (Phi) is 4.74. The number of piperidine rings is 1. The van der Waals surface area contributed by atoms with Crippen LogP contribution >= 0.6 is 23.2 Å². The van der Waals surface area contributed by atoms with Gasteiger partial charge in [0.2, 0.25) is 0 Å². The first-order valence-corrected chi connectivity index (χ1v) is 7.55. The van der Waals surface area contributed by atoms with Gasteiger partial charge in [-0.15, -0.1) is 11.6 Å². The van der Waals surface area contributed by atoms with Crippen LogP contribution in [0.1, 0.15) is 38.8 Å². The Bertz CT molecular complexity index is 409.